The summed E-state index contributed by atoms with van der Waals surface area (Å²) in [5.41, 5.74) is 1.84. The lowest BCUT2D eigenvalue weighted by molar-refractivity contribution is 0.102. The van der Waals surface area contributed by atoms with Gasteiger partial charge in [0.2, 0.25) is 0 Å². The average molecular weight is 301 g/mol. The molecule has 4 nitrogen and oxygen atoms in total. The monoisotopic (exact) mass is 300 g/mol. The van der Waals surface area contributed by atoms with Crippen LogP contribution in [-0.4, -0.2) is 12.5 Å². The lowest BCUT2D eigenvalue weighted by atomic mass is 10.1. The minimum Gasteiger partial charge on any atom is -0.479 e. The van der Waals surface area contributed by atoms with E-state index in [-0.39, 0.29) is 12.5 Å². The summed E-state index contributed by atoms with van der Waals surface area (Å²) in [6.07, 6.45) is 0. The first-order valence-electron chi connectivity index (χ1n) is 6.28. The van der Waals surface area contributed by atoms with Gasteiger partial charge < -0.3 is 10.1 Å². The Labute approximate surface area is 127 Å². The van der Waals surface area contributed by atoms with Crippen LogP contribution in [-0.2, 0) is 0 Å². The minimum absolute atomic E-state index is 0.0369. The van der Waals surface area contributed by atoms with Crippen molar-refractivity contribution < 1.29 is 9.53 Å². The van der Waals surface area contributed by atoms with Crippen LogP contribution >= 0.6 is 11.6 Å². The smallest absolute Gasteiger partial charge is 0.255 e. The Kier molecular flexibility index (Phi) is 4.81. The summed E-state index contributed by atoms with van der Waals surface area (Å²) in [6, 6.07) is 14.0. The SMILES string of the molecule is Cc1c(Cl)cccc1C(=O)Nc1cccc(OCC#N)c1. The number of carbonyl (C=O) groups excluding carboxylic acids is 1. The number of carbonyl (C=O) groups is 1. The van der Waals surface area contributed by atoms with Gasteiger partial charge in [-0.3, -0.25) is 4.79 Å². The van der Waals surface area contributed by atoms with Gasteiger partial charge in [-0.2, -0.15) is 5.26 Å². The molecule has 0 unspecified atom stereocenters. The van der Waals surface area contributed by atoms with E-state index in [0.29, 0.717) is 22.0 Å². The van der Waals surface area contributed by atoms with Gasteiger partial charge in [0.05, 0.1) is 0 Å². The fourth-order valence-electron chi connectivity index (χ4n) is 1.83. The predicted octanol–water partition coefficient (Wildman–Crippen LogP) is 3.80. The molecule has 0 aliphatic heterocycles. The average Bonchev–Trinajstić information content (AvgIpc) is 2.48. The molecule has 21 heavy (non-hydrogen) atoms. The maximum Gasteiger partial charge on any atom is 0.255 e. The van der Waals surface area contributed by atoms with Crippen molar-refractivity contribution in [2.45, 2.75) is 6.92 Å². The quantitative estimate of drug-likeness (QED) is 0.934. The van der Waals surface area contributed by atoms with Gasteiger partial charge in [0.1, 0.15) is 11.8 Å². The van der Waals surface area contributed by atoms with Gasteiger partial charge in [-0.15, -0.1) is 0 Å². The van der Waals surface area contributed by atoms with Crippen LogP contribution in [0.5, 0.6) is 5.75 Å². The van der Waals surface area contributed by atoms with Gasteiger partial charge in [0.15, 0.2) is 6.61 Å². The molecule has 0 heterocycles. The van der Waals surface area contributed by atoms with Crippen LogP contribution in [0.4, 0.5) is 5.69 Å². The highest BCUT2D eigenvalue weighted by Gasteiger charge is 2.11. The van der Waals surface area contributed by atoms with Crippen LogP contribution in [0.1, 0.15) is 15.9 Å². The Hall–Kier alpha value is -2.51. The molecule has 0 aliphatic rings. The van der Waals surface area contributed by atoms with Crippen molar-refractivity contribution in [3.63, 3.8) is 0 Å². The highest BCUT2D eigenvalue weighted by Crippen LogP contribution is 2.21. The molecule has 1 amide bonds. The summed E-state index contributed by atoms with van der Waals surface area (Å²) in [5.74, 6) is 0.282. The molecule has 2 aromatic rings. The van der Waals surface area contributed by atoms with Gasteiger partial charge >= 0.3 is 0 Å². The van der Waals surface area contributed by atoms with E-state index in [0.717, 1.165) is 5.56 Å². The van der Waals surface area contributed by atoms with Crippen molar-refractivity contribution in [3.8, 4) is 11.8 Å². The summed E-state index contributed by atoms with van der Waals surface area (Å²) < 4.78 is 5.19. The van der Waals surface area contributed by atoms with E-state index >= 15 is 0 Å². The van der Waals surface area contributed by atoms with E-state index in [2.05, 4.69) is 5.32 Å². The summed E-state index contributed by atoms with van der Waals surface area (Å²) in [4.78, 5) is 12.2. The fourth-order valence-corrected chi connectivity index (χ4v) is 2.01. The number of hydrogen-bond donors (Lipinski definition) is 1. The molecule has 0 radical (unpaired) electrons. The number of nitrogens with one attached hydrogen (secondary N) is 1. The number of ether oxygens (including phenoxy) is 1. The van der Waals surface area contributed by atoms with Crippen molar-refractivity contribution in [3.05, 3.63) is 58.6 Å². The Morgan fingerprint density at radius 3 is 2.86 bits per heavy atom. The van der Waals surface area contributed by atoms with Gasteiger partial charge in [-0.05, 0) is 36.8 Å². The molecule has 2 rings (SSSR count). The molecule has 0 bridgehead atoms. The summed E-state index contributed by atoms with van der Waals surface area (Å²) in [6.45, 7) is 1.76. The molecule has 1 N–H and O–H groups in total. The molecular weight excluding hydrogens is 288 g/mol. The van der Waals surface area contributed by atoms with Crippen LogP contribution in [0.15, 0.2) is 42.5 Å². The Morgan fingerprint density at radius 1 is 1.33 bits per heavy atom. The van der Waals surface area contributed by atoms with E-state index in [1.807, 2.05) is 6.07 Å². The van der Waals surface area contributed by atoms with Gasteiger partial charge in [-0.25, -0.2) is 0 Å². The first kappa shape index (κ1) is 14.9. The Balaban J connectivity index is 2.16. The Bertz CT molecular complexity index is 708. The largest absolute Gasteiger partial charge is 0.479 e. The van der Waals surface area contributed by atoms with Crippen molar-refractivity contribution in [2.75, 3.05) is 11.9 Å². The number of hydrogen-bond acceptors (Lipinski definition) is 3. The second-order valence-corrected chi connectivity index (χ2v) is 4.75. The van der Waals surface area contributed by atoms with E-state index in [1.54, 1.807) is 49.4 Å². The van der Waals surface area contributed by atoms with Crippen LogP contribution in [0.2, 0.25) is 5.02 Å². The molecule has 0 saturated carbocycles. The maximum atomic E-state index is 12.2. The van der Waals surface area contributed by atoms with Crippen molar-refractivity contribution >= 4 is 23.2 Å². The standard InChI is InChI=1S/C16H13ClN2O2/c1-11-14(6-3-7-15(11)17)16(20)19-12-4-2-5-13(10-12)21-9-8-18/h2-7,10H,9H2,1H3,(H,19,20). The third-order valence-electron chi connectivity index (χ3n) is 2.91. The summed E-state index contributed by atoms with van der Waals surface area (Å²) >= 11 is 6.01. The Morgan fingerprint density at radius 2 is 2.10 bits per heavy atom. The summed E-state index contributed by atoms with van der Waals surface area (Å²) in [5, 5.41) is 11.8. The molecule has 0 spiro atoms. The molecule has 5 heteroatoms. The lowest BCUT2D eigenvalue weighted by Gasteiger charge is -2.10. The highest BCUT2D eigenvalue weighted by molar-refractivity contribution is 6.32. The molecule has 0 atom stereocenters. The van der Waals surface area contributed by atoms with Gasteiger partial charge in [0, 0.05) is 22.3 Å². The minimum atomic E-state index is -0.243. The maximum absolute atomic E-state index is 12.2. The normalized spacial score (nSPS) is 9.76. The second kappa shape index (κ2) is 6.78. The number of anilines is 1. The number of amides is 1. The molecule has 2 aromatic carbocycles. The van der Waals surface area contributed by atoms with E-state index < -0.39 is 0 Å². The molecule has 0 saturated heterocycles. The van der Waals surface area contributed by atoms with E-state index in [9.17, 15) is 4.79 Å². The van der Waals surface area contributed by atoms with Crippen molar-refractivity contribution in [1.29, 1.82) is 5.26 Å². The zero-order valence-corrected chi connectivity index (χ0v) is 12.1. The number of halogens is 1. The molecule has 0 aromatic heterocycles. The lowest BCUT2D eigenvalue weighted by Crippen LogP contribution is -2.13. The van der Waals surface area contributed by atoms with Crippen LogP contribution in [0.25, 0.3) is 0 Å². The third-order valence-corrected chi connectivity index (χ3v) is 3.32. The highest BCUT2D eigenvalue weighted by atomic mass is 35.5. The van der Waals surface area contributed by atoms with E-state index in [4.69, 9.17) is 21.6 Å². The van der Waals surface area contributed by atoms with Crippen molar-refractivity contribution in [2.24, 2.45) is 0 Å². The van der Waals surface area contributed by atoms with Gasteiger partial charge in [0.25, 0.3) is 5.91 Å². The summed E-state index contributed by atoms with van der Waals surface area (Å²) in [7, 11) is 0. The van der Waals surface area contributed by atoms with Crippen molar-refractivity contribution in [1.82, 2.24) is 0 Å². The molecule has 106 valence electrons. The van der Waals surface area contributed by atoms with Gasteiger partial charge in [-0.1, -0.05) is 23.7 Å². The molecule has 0 aliphatic carbocycles. The predicted molar refractivity (Wildman–Crippen MR) is 81.7 cm³/mol. The third kappa shape index (κ3) is 3.74. The van der Waals surface area contributed by atoms with Crippen LogP contribution in [0.3, 0.4) is 0 Å². The number of nitrogens with zero attached hydrogens (tertiary/aromatic N) is 1. The number of benzene rings is 2. The number of nitriles is 1. The fraction of sp³-hybridized carbons (Fsp3) is 0.125. The number of rotatable bonds is 4. The molecule has 0 fully saturated rings. The first-order valence-corrected chi connectivity index (χ1v) is 6.66. The van der Waals surface area contributed by atoms with Crippen LogP contribution < -0.4 is 10.1 Å². The van der Waals surface area contributed by atoms with E-state index in [1.165, 1.54) is 0 Å². The zero-order valence-electron chi connectivity index (χ0n) is 11.4. The first-order chi connectivity index (χ1) is 10.1. The zero-order chi connectivity index (χ0) is 15.2. The van der Waals surface area contributed by atoms with Crippen LogP contribution in [0, 0.1) is 18.3 Å². The topological polar surface area (TPSA) is 62.1 Å². The second-order valence-electron chi connectivity index (χ2n) is 4.34. The molecular formula is C16H13ClN2O2.